The molecule has 1 aliphatic heterocycles. The quantitative estimate of drug-likeness (QED) is 0.835. The summed E-state index contributed by atoms with van der Waals surface area (Å²) in [6, 6.07) is 1.62. The molecule has 0 aromatic carbocycles. The second-order valence-electron chi connectivity index (χ2n) is 8.95. The zero-order chi connectivity index (χ0) is 15.5. The summed E-state index contributed by atoms with van der Waals surface area (Å²) in [7, 11) is 0. The smallest absolute Gasteiger partial charge is 0.0226 e. The Morgan fingerprint density at radius 2 is 1.76 bits per heavy atom. The Hall–Kier alpha value is -0.0800. The fourth-order valence-corrected chi connectivity index (χ4v) is 4.47. The molecule has 0 radical (unpaired) electrons. The van der Waals surface area contributed by atoms with Gasteiger partial charge in [0.25, 0.3) is 0 Å². The molecule has 2 fully saturated rings. The Kier molecular flexibility index (Phi) is 6.14. The van der Waals surface area contributed by atoms with Crippen molar-refractivity contribution in [2.75, 3.05) is 19.6 Å². The average molecular weight is 295 g/mol. The lowest BCUT2D eigenvalue weighted by molar-refractivity contribution is 0.0642. The van der Waals surface area contributed by atoms with E-state index in [-0.39, 0.29) is 0 Å². The molecule has 21 heavy (non-hydrogen) atoms. The predicted molar refractivity (Wildman–Crippen MR) is 92.6 cm³/mol. The molecule has 2 heteroatoms. The molecular weight excluding hydrogens is 256 g/mol. The highest BCUT2D eigenvalue weighted by atomic mass is 15.2. The van der Waals surface area contributed by atoms with Crippen LogP contribution in [-0.4, -0.2) is 36.6 Å². The lowest BCUT2D eigenvalue weighted by atomic mass is 9.71. The van der Waals surface area contributed by atoms with E-state index in [9.17, 15) is 0 Å². The number of nitrogens with one attached hydrogen (secondary N) is 1. The van der Waals surface area contributed by atoms with Crippen molar-refractivity contribution in [2.45, 2.75) is 85.2 Å². The van der Waals surface area contributed by atoms with Crippen LogP contribution in [-0.2, 0) is 0 Å². The Labute approximate surface area is 133 Å². The number of rotatable bonds is 3. The van der Waals surface area contributed by atoms with Gasteiger partial charge in [-0.2, -0.15) is 0 Å². The summed E-state index contributed by atoms with van der Waals surface area (Å²) in [5.41, 5.74) is 0.503. The Morgan fingerprint density at radius 1 is 1.10 bits per heavy atom. The molecule has 1 unspecified atom stereocenters. The second-order valence-corrected chi connectivity index (χ2v) is 8.95. The van der Waals surface area contributed by atoms with E-state index < -0.39 is 0 Å². The Bertz CT molecular complexity index is 297. The third-order valence-electron chi connectivity index (χ3n) is 5.75. The van der Waals surface area contributed by atoms with Crippen molar-refractivity contribution < 1.29 is 0 Å². The predicted octanol–water partition coefficient (Wildman–Crippen LogP) is 4.30. The zero-order valence-corrected chi connectivity index (χ0v) is 15.1. The van der Waals surface area contributed by atoms with Crippen LogP contribution in [0, 0.1) is 17.3 Å². The lowest BCUT2D eigenvalue weighted by Crippen LogP contribution is -2.48. The number of hydrogen-bond acceptors (Lipinski definition) is 2. The first-order valence-electron chi connectivity index (χ1n) is 9.34. The largest absolute Gasteiger partial charge is 0.315 e. The van der Waals surface area contributed by atoms with Crippen LogP contribution in [0.1, 0.15) is 73.1 Å². The van der Waals surface area contributed by atoms with Crippen LogP contribution in [0.4, 0.5) is 0 Å². The molecule has 2 nitrogen and oxygen atoms in total. The first-order valence-corrected chi connectivity index (χ1v) is 9.34. The summed E-state index contributed by atoms with van der Waals surface area (Å²) in [4.78, 5) is 2.89. The molecule has 0 aromatic heterocycles. The van der Waals surface area contributed by atoms with Gasteiger partial charge in [0.05, 0.1) is 0 Å². The first-order chi connectivity index (χ1) is 9.88. The molecule has 0 bridgehead atoms. The maximum atomic E-state index is 3.66. The molecule has 0 aromatic rings. The summed E-state index contributed by atoms with van der Waals surface area (Å²) in [6.45, 7) is 15.8. The van der Waals surface area contributed by atoms with Crippen LogP contribution < -0.4 is 5.32 Å². The van der Waals surface area contributed by atoms with Gasteiger partial charge in [0.2, 0.25) is 0 Å². The van der Waals surface area contributed by atoms with Crippen molar-refractivity contribution in [2.24, 2.45) is 17.3 Å². The Balaban J connectivity index is 1.95. The van der Waals surface area contributed by atoms with E-state index in [0.717, 1.165) is 23.9 Å². The third kappa shape index (κ3) is 4.96. The van der Waals surface area contributed by atoms with Crippen LogP contribution in [0.5, 0.6) is 0 Å². The highest BCUT2D eigenvalue weighted by Crippen LogP contribution is 2.39. The summed E-state index contributed by atoms with van der Waals surface area (Å²) in [6.07, 6.45) is 8.41. The normalized spacial score (nSPS) is 33.1. The fourth-order valence-electron chi connectivity index (χ4n) is 4.47. The molecule has 124 valence electrons. The van der Waals surface area contributed by atoms with Gasteiger partial charge in [-0.25, -0.2) is 0 Å². The van der Waals surface area contributed by atoms with Gasteiger partial charge in [-0.05, 0) is 68.9 Å². The molecule has 0 spiro atoms. The van der Waals surface area contributed by atoms with Gasteiger partial charge in [-0.3, -0.25) is 4.90 Å². The molecule has 1 heterocycles. The van der Waals surface area contributed by atoms with Gasteiger partial charge in [0.1, 0.15) is 0 Å². The van der Waals surface area contributed by atoms with Gasteiger partial charge in [-0.15, -0.1) is 0 Å². The minimum Gasteiger partial charge on any atom is -0.315 e. The van der Waals surface area contributed by atoms with Crippen LogP contribution in [0.15, 0.2) is 0 Å². The average Bonchev–Trinajstić information content (AvgIpc) is 2.63. The highest BCUT2D eigenvalue weighted by Gasteiger charge is 2.34. The fraction of sp³-hybridized carbons (Fsp3) is 1.00. The van der Waals surface area contributed by atoms with Crippen LogP contribution in [0.25, 0.3) is 0 Å². The summed E-state index contributed by atoms with van der Waals surface area (Å²) in [5, 5.41) is 3.66. The Morgan fingerprint density at radius 3 is 2.33 bits per heavy atom. The van der Waals surface area contributed by atoms with E-state index in [2.05, 4.69) is 44.8 Å². The van der Waals surface area contributed by atoms with Crippen molar-refractivity contribution in [3.63, 3.8) is 0 Å². The van der Waals surface area contributed by atoms with E-state index in [1.165, 1.54) is 58.2 Å². The van der Waals surface area contributed by atoms with Crippen LogP contribution >= 0.6 is 0 Å². The maximum Gasteiger partial charge on any atom is 0.0226 e. The van der Waals surface area contributed by atoms with Gasteiger partial charge in [0, 0.05) is 18.6 Å². The van der Waals surface area contributed by atoms with Crippen molar-refractivity contribution in [1.29, 1.82) is 0 Å². The van der Waals surface area contributed by atoms with Crippen molar-refractivity contribution >= 4 is 0 Å². The first kappa shape index (κ1) is 17.3. The molecule has 2 rings (SSSR count). The van der Waals surface area contributed by atoms with E-state index in [1.54, 1.807) is 0 Å². The number of nitrogens with zero attached hydrogens (tertiary/aromatic N) is 1. The SMILES string of the molecule is CC(C)CC1CNCCCN1C1CCC(C(C)(C)C)CC1. The highest BCUT2D eigenvalue weighted by molar-refractivity contribution is 4.89. The zero-order valence-electron chi connectivity index (χ0n) is 15.1. The van der Waals surface area contributed by atoms with E-state index in [0.29, 0.717) is 5.41 Å². The molecule has 1 saturated heterocycles. The van der Waals surface area contributed by atoms with Crippen molar-refractivity contribution in [3.05, 3.63) is 0 Å². The molecule has 1 N–H and O–H groups in total. The minimum absolute atomic E-state index is 0.503. The molecule has 1 atom stereocenters. The van der Waals surface area contributed by atoms with Gasteiger partial charge < -0.3 is 5.32 Å². The summed E-state index contributed by atoms with van der Waals surface area (Å²) < 4.78 is 0. The van der Waals surface area contributed by atoms with Crippen molar-refractivity contribution in [3.8, 4) is 0 Å². The standard InChI is InChI=1S/C19H38N2/c1-15(2)13-18-14-20-11-6-12-21(18)17-9-7-16(8-10-17)19(3,4)5/h15-18,20H,6-14H2,1-5H3. The molecule has 1 saturated carbocycles. The topological polar surface area (TPSA) is 15.3 Å². The van der Waals surface area contributed by atoms with Gasteiger partial charge in [0.15, 0.2) is 0 Å². The summed E-state index contributed by atoms with van der Waals surface area (Å²) >= 11 is 0. The second kappa shape index (κ2) is 7.46. The van der Waals surface area contributed by atoms with Gasteiger partial charge in [-0.1, -0.05) is 34.6 Å². The summed E-state index contributed by atoms with van der Waals surface area (Å²) in [5.74, 6) is 1.74. The third-order valence-corrected chi connectivity index (χ3v) is 5.75. The monoisotopic (exact) mass is 294 g/mol. The molecule has 2 aliphatic rings. The van der Waals surface area contributed by atoms with Crippen molar-refractivity contribution in [1.82, 2.24) is 10.2 Å². The van der Waals surface area contributed by atoms with E-state index in [1.807, 2.05) is 0 Å². The van der Waals surface area contributed by atoms with E-state index >= 15 is 0 Å². The maximum absolute atomic E-state index is 3.66. The van der Waals surface area contributed by atoms with Crippen LogP contribution in [0.3, 0.4) is 0 Å². The molecular formula is C19H38N2. The van der Waals surface area contributed by atoms with E-state index in [4.69, 9.17) is 0 Å². The van der Waals surface area contributed by atoms with Gasteiger partial charge >= 0.3 is 0 Å². The lowest BCUT2D eigenvalue weighted by Gasteiger charge is -2.44. The molecule has 0 amide bonds. The number of hydrogen-bond donors (Lipinski definition) is 1. The molecule has 1 aliphatic carbocycles. The van der Waals surface area contributed by atoms with Crippen LogP contribution in [0.2, 0.25) is 0 Å². The minimum atomic E-state index is 0.503.